The average molecular weight is 437 g/mol. The number of unbranched alkanes of at least 4 members (excludes halogenated alkanes) is 11. The summed E-state index contributed by atoms with van der Waals surface area (Å²) in [5, 5.41) is 8.58. The SMILES string of the molecule is CCOC(=O)C1=C(CCCCCCCC/C=C\CCCCCCCC(=O)O)COC1=O. The van der Waals surface area contributed by atoms with Gasteiger partial charge in [0.25, 0.3) is 0 Å². The predicted octanol–water partition coefficient (Wildman–Crippen LogP) is 5.90. The van der Waals surface area contributed by atoms with Crippen LogP contribution in [-0.2, 0) is 23.9 Å². The zero-order chi connectivity index (χ0) is 22.7. The van der Waals surface area contributed by atoms with Crippen molar-refractivity contribution in [3.8, 4) is 0 Å². The van der Waals surface area contributed by atoms with Gasteiger partial charge in [-0.1, -0.05) is 57.1 Å². The molecular weight excluding hydrogens is 396 g/mol. The number of ether oxygens (including phenoxy) is 2. The summed E-state index contributed by atoms with van der Waals surface area (Å²) in [4.78, 5) is 34.0. The van der Waals surface area contributed by atoms with E-state index in [1.165, 1.54) is 38.5 Å². The lowest BCUT2D eigenvalue weighted by Crippen LogP contribution is -2.14. The van der Waals surface area contributed by atoms with Crippen LogP contribution in [0.5, 0.6) is 0 Å². The molecule has 0 aliphatic carbocycles. The number of cyclic esters (lactones) is 1. The van der Waals surface area contributed by atoms with Crippen molar-refractivity contribution in [3.63, 3.8) is 0 Å². The van der Waals surface area contributed by atoms with Gasteiger partial charge in [0.15, 0.2) is 0 Å². The fourth-order valence-electron chi connectivity index (χ4n) is 3.68. The van der Waals surface area contributed by atoms with Crippen LogP contribution in [0.4, 0.5) is 0 Å². The van der Waals surface area contributed by atoms with Crippen LogP contribution in [0.3, 0.4) is 0 Å². The summed E-state index contributed by atoms with van der Waals surface area (Å²) in [6.45, 7) is 2.21. The molecule has 0 unspecified atom stereocenters. The number of allylic oxidation sites excluding steroid dienone is 2. The lowest BCUT2D eigenvalue weighted by atomic mass is 10.0. The normalized spacial score (nSPS) is 13.8. The molecule has 0 atom stereocenters. The van der Waals surface area contributed by atoms with Crippen LogP contribution in [0, 0.1) is 0 Å². The minimum Gasteiger partial charge on any atom is -0.481 e. The molecule has 1 rings (SSSR count). The summed E-state index contributed by atoms with van der Waals surface area (Å²) in [5.74, 6) is -1.79. The van der Waals surface area contributed by atoms with Crippen LogP contribution in [0.15, 0.2) is 23.3 Å². The molecule has 0 aromatic carbocycles. The van der Waals surface area contributed by atoms with E-state index in [1.807, 2.05) is 0 Å². The van der Waals surface area contributed by atoms with Crippen molar-refractivity contribution in [3.05, 3.63) is 23.3 Å². The van der Waals surface area contributed by atoms with Crippen molar-refractivity contribution >= 4 is 17.9 Å². The van der Waals surface area contributed by atoms with Gasteiger partial charge in [0.05, 0.1) is 6.61 Å². The quantitative estimate of drug-likeness (QED) is 0.117. The molecule has 0 aromatic heterocycles. The molecule has 6 nitrogen and oxygen atoms in total. The Balaban J connectivity index is 1.94. The largest absolute Gasteiger partial charge is 0.481 e. The molecule has 176 valence electrons. The van der Waals surface area contributed by atoms with Gasteiger partial charge in [-0.15, -0.1) is 0 Å². The molecule has 0 fully saturated rings. The second kappa shape index (κ2) is 17.6. The Labute approximate surface area is 187 Å². The smallest absolute Gasteiger partial charge is 0.345 e. The zero-order valence-corrected chi connectivity index (χ0v) is 19.2. The third-order valence-corrected chi connectivity index (χ3v) is 5.44. The van der Waals surface area contributed by atoms with E-state index in [4.69, 9.17) is 14.6 Å². The first-order valence-corrected chi connectivity index (χ1v) is 12.0. The second-order valence-electron chi connectivity index (χ2n) is 8.11. The van der Waals surface area contributed by atoms with Crippen molar-refractivity contribution in [2.45, 2.75) is 103 Å². The number of carboxylic acids is 1. The minimum atomic E-state index is -0.693. The van der Waals surface area contributed by atoms with Gasteiger partial charge in [-0.25, -0.2) is 9.59 Å². The highest BCUT2D eigenvalue weighted by molar-refractivity contribution is 6.16. The molecule has 0 aromatic rings. The molecule has 1 aliphatic heterocycles. The number of carbonyl (C=O) groups is 3. The van der Waals surface area contributed by atoms with Crippen LogP contribution < -0.4 is 0 Å². The molecule has 1 heterocycles. The third-order valence-electron chi connectivity index (χ3n) is 5.44. The first-order valence-electron chi connectivity index (χ1n) is 12.0. The molecule has 0 bridgehead atoms. The van der Waals surface area contributed by atoms with Gasteiger partial charge in [-0.2, -0.15) is 0 Å². The van der Waals surface area contributed by atoms with Gasteiger partial charge in [-0.3, -0.25) is 4.79 Å². The van der Waals surface area contributed by atoms with Crippen LogP contribution in [0.2, 0.25) is 0 Å². The summed E-state index contributed by atoms with van der Waals surface area (Å²) < 4.78 is 9.94. The number of aliphatic carboxylic acids is 1. The van der Waals surface area contributed by atoms with Crippen LogP contribution >= 0.6 is 0 Å². The van der Waals surface area contributed by atoms with Gasteiger partial charge < -0.3 is 14.6 Å². The first-order chi connectivity index (χ1) is 15.1. The number of carbonyl (C=O) groups excluding carboxylic acids is 2. The number of carboxylic acid groups (broad SMARTS) is 1. The number of hydrogen-bond acceptors (Lipinski definition) is 5. The standard InChI is InChI=1S/C25H40O6/c1-2-30-24(28)23-21(20-31-25(23)29)18-16-14-12-10-8-6-4-3-5-7-9-11-13-15-17-19-22(26)27/h3,5H,2,4,6-20H2,1H3,(H,26,27)/b5-3-. The monoisotopic (exact) mass is 436 g/mol. The average Bonchev–Trinajstić information content (AvgIpc) is 3.10. The van der Waals surface area contributed by atoms with Crippen molar-refractivity contribution < 1.29 is 29.0 Å². The molecule has 0 saturated heterocycles. The molecular formula is C25H40O6. The van der Waals surface area contributed by atoms with E-state index >= 15 is 0 Å². The van der Waals surface area contributed by atoms with Gasteiger partial charge >= 0.3 is 17.9 Å². The van der Waals surface area contributed by atoms with Gasteiger partial charge in [0, 0.05) is 6.42 Å². The summed E-state index contributed by atoms with van der Waals surface area (Å²) in [6.07, 6.45) is 20.0. The molecule has 6 heteroatoms. The van der Waals surface area contributed by atoms with Crippen LogP contribution in [0.25, 0.3) is 0 Å². The van der Waals surface area contributed by atoms with E-state index in [0.717, 1.165) is 56.9 Å². The zero-order valence-electron chi connectivity index (χ0n) is 19.2. The Bertz CT molecular complexity index is 605. The van der Waals surface area contributed by atoms with E-state index < -0.39 is 17.9 Å². The maximum atomic E-state index is 11.9. The molecule has 0 spiro atoms. The molecule has 1 N–H and O–H groups in total. The highest BCUT2D eigenvalue weighted by Crippen LogP contribution is 2.23. The minimum absolute atomic E-state index is 0.117. The molecule has 0 amide bonds. The maximum absolute atomic E-state index is 11.9. The molecule has 31 heavy (non-hydrogen) atoms. The lowest BCUT2D eigenvalue weighted by molar-refractivity contribution is -0.144. The maximum Gasteiger partial charge on any atom is 0.345 e. The number of esters is 2. The Morgan fingerprint density at radius 2 is 1.45 bits per heavy atom. The summed E-state index contributed by atoms with van der Waals surface area (Å²) >= 11 is 0. The van der Waals surface area contributed by atoms with E-state index in [9.17, 15) is 14.4 Å². The van der Waals surface area contributed by atoms with Crippen molar-refractivity contribution in [2.75, 3.05) is 13.2 Å². The Morgan fingerprint density at radius 3 is 2.03 bits per heavy atom. The molecule has 0 radical (unpaired) electrons. The highest BCUT2D eigenvalue weighted by Gasteiger charge is 2.31. The first kappa shape index (κ1) is 26.9. The number of hydrogen-bond donors (Lipinski definition) is 1. The van der Waals surface area contributed by atoms with E-state index in [2.05, 4.69) is 12.2 Å². The van der Waals surface area contributed by atoms with E-state index in [0.29, 0.717) is 6.42 Å². The van der Waals surface area contributed by atoms with Crippen LogP contribution in [0.1, 0.15) is 103 Å². The Kier molecular flexibility index (Phi) is 15.3. The highest BCUT2D eigenvalue weighted by atomic mass is 16.6. The fourth-order valence-corrected chi connectivity index (χ4v) is 3.68. The van der Waals surface area contributed by atoms with Crippen LogP contribution in [-0.4, -0.2) is 36.2 Å². The predicted molar refractivity (Wildman–Crippen MR) is 121 cm³/mol. The Morgan fingerprint density at radius 1 is 0.903 bits per heavy atom. The topological polar surface area (TPSA) is 89.9 Å². The molecule has 0 saturated carbocycles. The summed E-state index contributed by atoms with van der Waals surface area (Å²) in [5.41, 5.74) is 0.903. The summed E-state index contributed by atoms with van der Waals surface area (Å²) in [6, 6.07) is 0. The van der Waals surface area contributed by atoms with Gasteiger partial charge in [-0.05, 0) is 57.4 Å². The van der Waals surface area contributed by atoms with Crippen molar-refractivity contribution in [1.29, 1.82) is 0 Å². The Hall–Kier alpha value is -2.11. The van der Waals surface area contributed by atoms with Crippen molar-refractivity contribution in [1.82, 2.24) is 0 Å². The van der Waals surface area contributed by atoms with Crippen molar-refractivity contribution in [2.24, 2.45) is 0 Å². The van der Waals surface area contributed by atoms with E-state index in [-0.39, 0.29) is 18.8 Å². The van der Waals surface area contributed by atoms with E-state index in [1.54, 1.807) is 6.92 Å². The lowest BCUT2D eigenvalue weighted by Gasteiger charge is -2.04. The third kappa shape index (κ3) is 13.0. The number of rotatable bonds is 19. The second-order valence-corrected chi connectivity index (χ2v) is 8.11. The fraction of sp³-hybridized carbons (Fsp3) is 0.720. The molecule has 1 aliphatic rings. The van der Waals surface area contributed by atoms with Gasteiger partial charge in [0.1, 0.15) is 12.2 Å². The van der Waals surface area contributed by atoms with Gasteiger partial charge in [0.2, 0.25) is 0 Å². The summed E-state index contributed by atoms with van der Waals surface area (Å²) in [7, 11) is 0.